The van der Waals surface area contributed by atoms with Crippen LogP contribution in [0.1, 0.15) is 49.0 Å². The van der Waals surface area contributed by atoms with Gasteiger partial charge < -0.3 is 24.7 Å². The highest BCUT2D eigenvalue weighted by molar-refractivity contribution is 7.83. The van der Waals surface area contributed by atoms with Crippen molar-refractivity contribution in [3.05, 3.63) is 117 Å². The third-order valence-corrected chi connectivity index (χ3v) is 13.3. The van der Waals surface area contributed by atoms with Crippen molar-refractivity contribution in [2.75, 3.05) is 75.7 Å². The first-order valence-corrected chi connectivity index (χ1v) is 22.6. The molecular formula is C46H50ClN9O6S. The van der Waals surface area contributed by atoms with Crippen molar-refractivity contribution in [3.8, 4) is 17.6 Å². The maximum absolute atomic E-state index is 14.0. The number of allylic oxidation sites excluding steroid dienone is 1. The van der Waals surface area contributed by atoms with Crippen LogP contribution in [-0.4, -0.2) is 106 Å². The summed E-state index contributed by atoms with van der Waals surface area (Å²) in [5.41, 5.74) is 6.63. The molecule has 3 N–H and O–H groups in total. The number of ether oxygens (including phenoxy) is 2. The molecule has 1 aliphatic carbocycles. The van der Waals surface area contributed by atoms with Gasteiger partial charge in [0.2, 0.25) is 0 Å². The lowest BCUT2D eigenvalue weighted by Gasteiger charge is -2.39. The minimum Gasteiger partial charge on any atom is -0.454 e. The second kappa shape index (κ2) is 19.3. The van der Waals surface area contributed by atoms with E-state index in [1.54, 1.807) is 18.5 Å². The van der Waals surface area contributed by atoms with Gasteiger partial charge in [0.15, 0.2) is 16.7 Å². The van der Waals surface area contributed by atoms with Crippen LogP contribution in [0.3, 0.4) is 0 Å². The first-order chi connectivity index (χ1) is 30.4. The summed E-state index contributed by atoms with van der Waals surface area (Å²) in [5.74, 6) is -0.0108. The van der Waals surface area contributed by atoms with Gasteiger partial charge in [0.1, 0.15) is 17.0 Å². The zero-order valence-electron chi connectivity index (χ0n) is 35.3. The summed E-state index contributed by atoms with van der Waals surface area (Å²) in [5, 5.41) is 25.0. The second-order valence-corrected chi connectivity index (χ2v) is 18.6. The zero-order chi connectivity index (χ0) is 44.1. The van der Waals surface area contributed by atoms with Crippen molar-refractivity contribution < 1.29 is 23.4 Å². The largest absolute Gasteiger partial charge is 0.454 e. The summed E-state index contributed by atoms with van der Waals surface area (Å²) in [4.78, 5) is 39.9. The SMILES string of the molecule is CC1(C)CCC(CN2CCN(c3ccc(C(=O)NS(=O)c4ccc(NCC5CN(CC#N)CCO5)c([N+](=O)[O-])c4)c(Oc4cccc5[nH]cnc45)c3)CC2)=C(c2ccc(Cl)cc2)C1. The van der Waals surface area contributed by atoms with E-state index in [0.29, 0.717) is 31.0 Å². The van der Waals surface area contributed by atoms with E-state index >= 15 is 0 Å². The number of nitro benzene ring substituents is 1. The van der Waals surface area contributed by atoms with Gasteiger partial charge in [0, 0.05) is 75.2 Å². The number of H-pyrrole nitrogens is 1. The highest BCUT2D eigenvalue weighted by Gasteiger charge is 2.30. The molecule has 0 bridgehead atoms. The first kappa shape index (κ1) is 43.8. The molecule has 63 heavy (non-hydrogen) atoms. The summed E-state index contributed by atoms with van der Waals surface area (Å²) in [6.07, 6.45) is 4.52. The number of fused-ring (bicyclic) bond motifs is 1. The quantitative estimate of drug-likeness (QED) is 0.0560. The summed E-state index contributed by atoms with van der Waals surface area (Å²) >= 11 is 6.25. The van der Waals surface area contributed by atoms with Gasteiger partial charge in [-0.3, -0.25) is 29.4 Å². The number of aromatic amines is 1. The average molecular weight is 892 g/mol. The van der Waals surface area contributed by atoms with Crippen LogP contribution in [-0.2, 0) is 15.7 Å². The number of aromatic nitrogens is 2. The third-order valence-electron chi connectivity index (χ3n) is 12.0. The zero-order valence-corrected chi connectivity index (χ0v) is 36.8. The normalized spacial score (nSPS) is 18.8. The number of hydrogen-bond donors (Lipinski definition) is 3. The number of nitro groups is 1. The number of rotatable bonds is 14. The molecule has 3 heterocycles. The molecule has 2 fully saturated rings. The maximum atomic E-state index is 14.0. The number of piperazine rings is 1. The molecule has 4 aromatic carbocycles. The molecule has 1 aromatic heterocycles. The lowest BCUT2D eigenvalue weighted by atomic mass is 9.72. The Hall–Kier alpha value is -5.83. The van der Waals surface area contributed by atoms with Crippen LogP contribution in [0.5, 0.6) is 11.5 Å². The molecule has 0 saturated carbocycles. The van der Waals surface area contributed by atoms with Gasteiger partial charge in [-0.25, -0.2) is 9.19 Å². The molecule has 2 aliphatic heterocycles. The number of nitrogens with one attached hydrogen (secondary N) is 3. The van der Waals surface area contributed by atoms with E-state index in [1.165, 1.54) is 34.9 Å². The molecule has 2 atom stereocenters. The summed E-state index contributed by atoms with van der Waals surface area (Å²) in [7, 11) is -2.16. The van der Waals surface area contributed by atoms with Gasteiger partial charge in [-0.15, -0.1) is 0 Å². The van der Waals surface area contributed by atoms with E-state index in [9.17, 15) is 19.1 Å². The lowest BCUT2D eigenvalue weighted by Crippen LogP contribution is -2.47. The summed E-state index contributed by atoms with van der Waals surface area (Å²) in [6.45, 7) is 10.9. The van der Waals surface area contributed by atoms with E-state index in [2.05, 4.69) is 61.9 Å². The summed E-state index contributed by atoms with van der Waals surface area (Å²) in [6, 6.07) is 25.3. The van der Waals surface area contributed by atoms with E-state index in [0.717, 1.165) is 68.2 Å². The molecule has 2 unspecified atom stereocenters. The fourth-order valence-electron chi connectivity index (χ4n) is 8.51. The van der Waals surface area contributed by atoms with Crippen LogP contribution in [0.25, 0.3) is 16.6 Å². The molecule has 1 amide bonds. The van der Waals surface area contributed by atoms with E-state index < -0.39 is 21.8 Å². The predicted molar refractivity (Wildman–Crippen MR) is 245 cm³/mol. The van der Waals surface area contributed by atoms with Gasteiger partial charge in [0.25, 0.3) is 11.6 Å². The molecule has 328 valence electrons. The highest BCUT2D eigenvalue weighted by atomic mass is 35.5. The first-order valence-electron chi connectivity index (χ1n) is 21.1. The number of anilines is 2. The number of imidazole rings is 1. The molecule has 0 radical (unpaired) electrons. The average Bonchev–Trinajstić information content (AvgIpc) is 3.77. The molecule has 5 aromatic rings. The molecule has 8 rings (SSSR count). The standard InChI is InChI=1S/C46H50ClN9O6S/c1-46(2)15-14-32(38(26-46)31-6-8-33(47)9-7-31)28-54-18-20-55(21-19-54)34-10-12-37(43(24-34)62-42-5-3-4-40-44(42)51-30-50-40)45(57)52-63(60)36-11-13-39(41(25-36)56(58)59)49-27-35-29-53(17-16-48)22-23-61-35/h3-13,24-25,30,35,49H,14-15,17-23,26-29H2,1-2H3,(H,50,51)(H,52,57). The fraction of sp³-hybridized carbons (Fsp3) is 0.370. The Morgan fingerprint density at radius 2 is 1.87 bits per heavy atom. The van der Waals surface area contributed by atoms with Crippen molar-refractivity contribution in [3.63, 3.8) is 0 Å². The predicted octanol–water partition coefficient (Wildman–Crippen LogP) is 7.79. The number of amides is 1. The Morgan fingerprint density at radius 3 is 2.65 bits per heavy atom. The molecular weight excluding hydrogens is 842 g/mol. The minimum absolute atomic E-state index is 0.0425. The molecule has 0 spiro atoms. The van der Waals surface area contributed by atoms with Crippen LogP contribution < -0.4 is 19.7 Å². The van der Waals surface area contributed by atoms with Crippen LogP contribution in [0.15, 0.2) is 95.7 Å². The van der Waals surface area contributed by atoms with Crippen LogP contribution in [0.2, 0.25) is 5.02 Å². The smallest absolute Gasteiger partial charge is 0.293 e. The lowest BCUT2D eigenvalue weighted by molar-refractivity contribution is -0.384. The Labute approximate surface area is 373 Å². The van der Waals surface area contributed by atoms with Gasteiger partial charge in [-0.2, -0.15) is 5.26 Å². The number of carbonyl (C=O) groups is 1. The van der Waals surface area contributed by atoms with Crippen LogP contribution in [0.4, 0.5) is 17.1 Å². The maximum Gasteiger partial charge on any atom is 0.293 e. The number of benzene rings is 4. The summed E-state index contributed by atoms with van der Waals surface area (Å²) < 4.78 is 28.4. The van der Waals surface area contributed by atoms with Gasteiger partial charge in [-0.1, -0.05) is 49.2 Å². The van der Waals surface area contributed by atoms with Crippen LogP contribution in [0, 0.1) is 26.9 Å². The van der Waals surface area contributed by atoms with Crippen molar-refractivity contribution in [2.45, 2.75) is 44.1 Å². The Bertz CT molecular complexity index is 2590. The van der Waals surface area contributed by atoms with Crippen molar-refractivity contribution >= 4 is 62.2 Å². The number of morpholine rings is 1. The van der Waals surface area contributed by atoms with Crippen molar-refractivity contribution in [1.82, 2.24) is 24.5 Å². The topological polar surface area (TPSA) is 182 Å². The van der Waals surface area contributed by atoms with Crippen molar-refractivity contribution in [1.29, 1.82) is 5.26 Å². The fourth-order valence-corrected chi connectivity index (χ4v) is 9.45. The molecule has 17 heteroatoms. The van der Waals surface area contributed by atoms with Gasteiger partial charge in [-0.05, 0) is 84.3 Å². The highest BCUT2D eigenvalue weighted by Crippen LogP contribution is 2.43. The number of nitrogens with zero attached hydrogens (tertiary/aromatic N) is 6. The number of nitriles is 1. The Morgan fingerprint density at radius 1 is 1.06 bits per heavy atom. The Balaban J connectivity index is 0.979. The number of hydrogen-bond acceptors (Lipinski definition) is 12. The molecule has 2 saturated heterocycles. The second-order valence-electron chi connectivity index (χ2n) is 16.9. The van der Waals surface area contributed by atoms with E-state index in [4.69, 9.17) is 26.3 Å². The van der Waals surface area contributed by atoms with E-state index in [-0.39, 0.29) is 52.2 Å². The number of para-hydroxylation sites is 1. The third kappa shape index (κ3) is 10.5. The van der Waals surface area contributed by atoms with Gasteiger partial charge >= 0.3 is 0 Å². The van der Waals surface area contributed by atoms with Crippen molar-refractivity contribution in [2.24, 2.45) is 5.41 Å². The van der Waals surface area contributed by atoms with E-state index in [1.807, 2.05) is 41.3 Å². The minimum atomic E-state index is -2.16. The van der Waals surface area contributed by atoms with Gasteiger partial charge in [0.05, 0.1) is 52.6 Å². The number of halogens is 1. The molecule has 15 nitrogen and oxygen atoms in total. The molecule has 3 aliphatic rings. The van der Waals surface area contributed by atoms with Crippen LogP contribution >= 0.6 is 11.6 Å². The number of carbonyl (C=O) groups excluding carboxylic acids is 1. The Kier molecular flexibility index (Phi) is 13.4. The monoisotopic (exact) mass is 891 g/mol.